The molecule has 2 N–H and O–H groups in total. The van der Waals surface area contributed by atoms with Gasteiger partial charge in [0.2, 0.25) is 0 Å². The van der Waals surface area contributed by atoms with Gasteiger partial charge in [0.05, 0.1) is 0 Å². The molecule has 0 saturated carbocycles. The van der Waals surface area contributed by atoms with Gasteiger partial charge in [0.15, 0.2) is 11.7 Å². The van der Waals surface area contributed by atoms with Crippen molar-refractivity contribution < 1.29 is 9.53 Å². The van der Waals surface area contributed by atoms with E-state index in [1.165, 1.54) is 0 Å². The van der Waals surface area contributed by atoms with Gasteiger partial charge in [-0.2, -0.15) is 0 Å². The fourth-order valence-electron chi connectivity index (χ4n) is 1.39. The molecule has 1 aromatic rings. The molecule has 0 aromatic heterocycles. The Morgan fingerprint density at radius 1 is 1.37 bits per heavy atom. The summed E-state index contributed by atoms with van der Waals surface area (Å²) in [6.07, 6.45) is 0. The molecular weight excluding hydrogens is 260 g/mol. The molecule has 0 radical (unpaired) electrons. The van der Waals surface area contributed by atoms with Gasteiger partial charge in [0.25, 0.3) is 5.91 Å². The lowest BCUT2D eigenvalue weighted by Crippen LogP contribution is -2.49. The number of hydrogen-bond acceptors (Lipinski definition) is 3. The molecule has 0 saturated heterocycles. The lowest BCUT2D eigenvalue weighted by Gasteiger charge is -2.22. The molecule has 0 aliphatic heterocycles. The van der Waals surface area contributed by atoms with Crippen molar-refractivity contribution in [1.29, 1.82) is 0 Å². The minimum atomic E-state index is -0.275. The molecular formula is C14H20N2O2S. The number of amides is 1. The van der Waals surface area contributed by atoms with Crippen LogP contribution >= 0.6 is 12.2 Å². The van der Waals surface area contributed by atoms with Crippen molar-refractivity contribution in [3.8, 4) is 5.75 Å². The van der Waals surface area contributed by atoms with E-state index in [1.54, 1.807) is 0 Å². The number of carbonyl (C=O) groups excluding carboxylic acids is 1. The zero-order valence-corrected chi connectivity index (χ0v) is 12.6. The average molecular weight is 280 g/mol. The number of carbonyl (C=O) groups is 1. The van der Waals surface area contributed by atoms with Crippen LogP contribution in [0.25, 0.3) is 0 Å². The molecule has 0 unspecified atom stereocenters. The van der Waals surface area contributed by atoms with Gasteiger partial charge in [0.1, 0.15) is 5.75 Å². The maximum absolute atomic E-state index is 11.6. The topological polar surface area (TPSA) is 50.4 Å². The molecule has 0 heterocycles. The molecule has 104 valence electrons. The van der Waals surface area contributed by atoms with E-state index in [9.17, 15) is 4.79 Å². The maximum Gasteiger partial charge on any atom is 0.264 e. The Labute approximate surface area is 119 Å². The Morgan fingerprint density at radius 3 is 2.63 bits per heavy atom. The first-order valence-corrected chi connectivity index (χ1v) is 6.48. The highest BCUT2D eigenvalue weighted by molar-refractivity contribution is 7.80. The second-order valence-electron chi connectivity index (χ2n) is 5.36. The average Bonchev–Trinajstić information content (AvgIpc) is 2.23. The van der Waals surface area contributed by atoms with Crippen LogP contribution in [-0.2, 0) is 4.79 Å². The van der Waals surface area contributed by atoms with E-state index < -0.39 is 0 Å². The quantitative estimate of drug-likeness (QED) is 0.833. The fraction of sp³-hybridized carbons (Fsp3) is 0.429. The number of ether oxygens (including phenoxy) is 1. The molecule has 5 heteroatoms. The Kier molecular flexibility index (Phi) is 5.30. The van der Waals surface area contributed by atoms with Crippen molar-refractivity contribution in [2.24, 2.45) is 0 Å². The van der Waals surface area contributed by atoms with Crippen molar-refractivity contribution >= 4 is 23.2 Å². The predicted octanol–water partition coefficient (Wildman–Crippen LogP) is 2.16. The number of thiocarbonyl (C=S) groups is 1. The summed E-state index contributed by atoms with van der Waals surface area (Å²) in [5.41, 5.74) is 0.907. The van der Waals surface area contributed by atoms with Crippen molar-refractivity contribution in [3.63, 3.8) is 0 Å². The number of nitrogens with one attached hydrogen (secondary N) is 2. The molecule has 0 aliphatic rings. The molecule has 1 aromatic carbocycles. The fourth-order valence-corrected chi connectivity index (χ4v) is 1.81. The van der Waals surface area contributed by atoms with Gasteiger partial charge in [-0.25, -0.2) is 0 Å². The third kappa shape index (κ3) is 6.76. The minimum absolute atomic E-state index is 0.0601. The molecule has 0 atom stereocenters. The van der Waals surface area contributed by atoms with Crippen molar-refractivity contribution in [1.82, 2.24) is 10.6 Å². The standard InChI is InChI=1S/C14H20N2O2S/c1-10-6-5-7-11(8-10)18-9-12(17)15-13(19)16-14(2,3)4/h5-8H,9H2,1-4H3,(H2,15,16,17,19). The van der Waals surface area contributed by atoms with E-state index in [2.05, 4.69) is 10.6 Å². The second-order valence-corrected chi connectivity index (χ2v) is 5.77. The largest absolute Gasteiger partial charge is 0.484 e. The maximum atomic E-state index is 11.6. The molecule has 0 aliphatic carbocycles. The van der Waals surface area contributed by atoms with Crippen LogP contribution in [0.3, 0.4) is 0 Å². The summed E-state index contributed by atoms with van der Waals surface area (Å²) in [7, 11) is 0. The van der Waals surface area contributed by atoms with Crippen LogP contribution in [0, 0.1) is 6.92 Å². The first-order chi connectivity index (χ1) is 8.76. The van der Waals surface area contributed by atoms with E-state index in [0.717, 1.165) is 5.56 Å². The first-order valence-electron chi connectivity index (χ1n) is 6.08. The van der Waals surface area contributed by atoms with E-state index in [4.69, 9.17) is 17.0 Å². The van der Waals surface area contributed by atoms with Crippen molar-refractivity contribution in [2.45, 2.75) is 33.2 Å². The van der Waals surface area contributed by atoms with Crippen molar-refractivity contribution in [2.75, 3.05) is 6.61 Å². The van der Waals surface area contributed by atoms with Gasteiger partial charge in [-0.1, -0.05) is 12.1 Å². The summed E-state index contributed by atoms with van der Waals surface area (Å²) in [5, 5.41) is 5.89. The van der Waals surface area contributed by atoms with Gasteiger partial charge >= 0.3 is 0 Å². The summed E-state index contributed by atoms with van der Waals surface area (Å²) in [4.78, 5) is 11.6. The van der Waals surface area contributed by atoms with E-state index in [1.807, 2.05) is 52.0 Å². The third-order valence-corrected chi connectivity index (χ3v) is 2.31. The lowest BCUT2D eigenvalue weighted by molar-refractivity contribution is -0.121. The molecule has 4 nitrogen and oxygen atoms in total. The predicted molar refractivity (Wildman–Crippen MR) is 80.3 cm³/mol. The SMILES string of the molecule is Cc1cccc(OCC(=O)NC(=S)NC(C)(C)C)c1. The lowest BCUT2D eigenvalue weighted by atomic mass is 10.1. The van der Waals surface area contributed by atoms with Crippen LogP contribution in [0.15, 0.2) is 24.3 Å². The molecule has 0 spiro atoms. The van der Waals surface area contributed by atoms with Crippen LogP contribution in [0.2, 0.25) is 0 Å². The zero-order valence-electron chi connectivity index (χ0n) is 11.7. The van der Waals surface area contributed by atoms with Crippen LogP contribution in [0.5, 0.6) is 5.75 Å². The Morgan fingerprint density at radius 2 is 2.05 bits per heavy atom. The van der Waals surface area contributed by atoms with Crippen LogP contribution in [0.4, 0.5) is 0 Å². The van der Waals surface area contributed by atoms with Gasteiger partial charge in [-0.15, -0.1) is 0 Å². The van der Waals surface area contributed by atoms with Crippen molar-refractivity contribution in [3.05, 3.63) is 29.8 Å². The van der Waals surface area contributed by atoms with E-state index in [-0.39, 0.29) is 18.1 Å². The van der Waals surface area contributed by atoms with Crippen LogP contribution in [-0.4, -0.2) is 23.2 Å². The Balaban J connectivity index is 2.38. The Hall–Kier alpha value is -1.62. The highest BCUT2D eigenvalue weighted by Crippen LogP contribution is 2.11. The monoisotopic (exact) mass is 280 g/mol. The van der Waals surface area contributed by atoms with E-state index in [0.29, 0.717) is 10.9 Å². The van der Waals surface area contributed by atoms with Gasteiger partial charge < -0.3 is 15.4 Å². The van der Waals surface area contributed by atoms with Crippen LogP contribution in [0.1, 0.15) is 26.3 Å². The Bertz CT molecular complexity index is 467. The summed E-state index contributed by atoms with van der Waals surface area (Å²) in [6, 6.07) is 7.54. The molecule has 1 rings (SSSR count). The molecule has 0 bridgehead atoms. The normalized spacial score (nSPS) is 10.7. The highest BCUT2D eigenvalue weighted by atomic mass is 32.1. The highest BCUT2D eigenvalue weighted by Gasteiger charge is 2.13. The molecule has 19 heavy (non-hydrogen) atoms. The van der Waals surface area contributed by atoms with Gasteiger partial charge in [0, 0.05) is 5.54 Å². The van der Waals surface area contributed by atoms with Gasteiger partial charge in [-0.3, -0.25) is 4.79 Å². The molecule has 0 fully saturated rings. The number of rotatable bonds is 3. The molecule has 1 amide bonds. The number of hydrogen-bond donors (Lipinski definition) is 2. The minimum Gasteiger partial charge on any atom is -0.484 e. The summed E-state index contributed by atoms with van der Waals surface area (Å²) >= 11 is 5.03. The summed E-state index contributed by atoms with van der Waals surface area (Å²) in [5.74, 6) is 0.396. The number of benzene rings is 1. The second kappa shape index (κ2) is 6.52. The smallest absolute Gasteiger partial charge is 0.264 e. The number of aryl methyl sites for hydroxylation is 1. The van der Waals surface area contributed by atoms with Crippen LogP contribution < -0.4 is 15.4 Å². The first kappa shape index (κ1) is 15.4. The zero-order chi connectivity index (χ0) is 14.5. The van der Waals surface area contributed by atoms with Gasteiger partial charge in [-0.05, 0) is 57.6 Å². The third-order valence-electron chi connectivity index (χ3n) is 2.10. The summed E-state index contributed by atoms with van der Waals surface area (Å²) < 4.78 is 5.38. The summed E-state index contributed by atoms with van der Waals surface area (Å²) in [6.45, 7) is 7.81. The van der Waals surface area contributed by atoms with E-state index >= 15 is 0 Å².